The first kappa shape index (κ1) is 13.6. The number of fused-ring (bicyclic) bond motifs is 1. The Morgan fingerprint density at radius 1 is 1.24 bits per heavy atom. The lowest BCUT2D eigenvalue weighted by atomic mass is 10.1. The van der Waals surface area contributed by atoms with Crippen LogP contribution >= 0.6 is 11.6 Å². The number of nitrogens with zero attached hydrogens (tertiary/aromatic N) is 2. The minimum Gasteiger partial charge on any atom is -0.399 e. The van der Waals surface area contributed by atoms with Crippen LogP contribution in [0.25, 0.3) is 16.6 Å². The summed E-state index contributed by atoms with van der Waals surface area (Å²) in [6.45, 7) is 1.95. The van der Waals surface area contributed by atoms with Crippen molar-refractivity contribution in [3.63, 3.8) is 0 Å². The van der Waals surface area contributed by atoms with Gasteiger partial charge in [0.05, 0.1) is 22.5 Å². The van der Waals surface area contributed by atoms with Crippen LogP contribution in [0.1, 0.15) is 11.4 Å². The zero-order valence-electron chi connectivity index (χ0n) is 11.5. The first-order chi connectivity index (χ1) is 10.1. The third-order valence-electron chi connectivity index (χ3n) is 3.44. The summed E-state index contributed by atoms with van der Waals surface area (Å²) in [5.74, 6) is 0.678. The predicted molar refractivity (Wildman–Crippen MR) is 86.0 cm³/mol. The molecule has 5 heteroatoms. The average molecular weight is 300 g/mol. The number of aryl methyl sites for hydroxylation is 1. The highest BCUT2D eigenvalue weighted by Crippen LogP contribution is 2.18. The van der Waals surface area contributed by atoms with Gasteiger partial charge in [-0.15, -0.1) is 11.6 Å². The van der Waals surface area contributed by atoms with Crippen molar-refractivity contribution in [2.75, 3.05) is 5.73 Å². The number of anilines is 1. The van der Waals surface area contributed by atoms with Crippen molar-refractivity contribution in [2.45, 2.75) is 12.8 Å². The summed E-state index contributed by atoms with van der Waals surface area (Å²) in [6, 6.07) is 12.8. The van der Waals surface area contributed by atoms with Gasteiger partial charge in [0.25, 0.3) is 5.56 Å². The molecule has 0 aliphatic heterocycles. The maximum atomic E-state index is 12.8. The summed E-state index contributed by atoms with van der Waals surface area (Å²) < 4.78 is 1.56. The monoisotopic (exact) mass is 299 g/mol. The second-order valence-corrected chi connectivity index (χ2v) is 5.13. The molecule has 1 aromatic heterocycles. The number of hydrogen-bond donors (Lipinski definition) is 1. The third kappa shape index (κ3) is 2.28. The fourth-order valence-electron chi connectivity index (χ4n) is 2.40. The van der Waals surface area contributed by atoms with Crippen molar-refractivity contribution in [3.8, 4) is 5.69 Å². The van der Waals surface area contributed by atoms with Gasteiger partial charge < -0.3 is 5.73 Å². The molecule has 3 rings (SSSR count). The van der Waals surface area contributed by atoms with Crippen LogP contribution in [-0.4, -0.2) is 9.55 Å². The number of nitrogens with two attached hydrogens (primary N) is 1. The molecule has 0 amide bonds. The molecular formula is C16H14ClN3O. The maximum absolute atomic E-state index is 12.8. The Hall–Kier alpha value is -2.33. The van der Waals surface area contributed by atoms with Crippen LogP contribution in [0.5, 0.6) is 0 Å². The van der Waals surface area contributed by atoms with Crippen molar-refractivity contribution in [1.82, 2.24) is 9.55 Å². The van der Waals surface area contributed by atoms with Crippen LogP contribution in [0.3, 0.4) is 0 Å². The summed E-state index contributed by atoms with van der Waals surface area (Å²) in [6.07, 6.45) is 0. The van der Waals surface area contributed by atoms with Crippen LogP contribution in [-0.2, 0) is 5.88 Å². The predicted octanol–water partition coefficient (Wildman–Crippen LogP) is 3.02. The van der Waals surface area contributed by atoms with Crippen molar-refractivity contribution in [1.29, 1.82) is 0 Å². The van der Waals surface area contributed by atoms with Crippen LogP contribution in [0.4, 0.5) is 5.69 Å². The fourth-order valence-corrected chi connectivity index (χ4v) is 2.58. The van der Waals surface area contributed by atoms with Gasteiger partial charge in [0.15, 0.2) is 0 Å². The Morgan fingerprint density at radius 2 is 2.00 bits per heavy atom. The number of rotatable bonds is 2. The zero-order chi connectivity index (χ0) is 15.0. The highest BCUT2D eigenvalue weighted by molar-refractivity contribution is 6.16. The lowest BCUT2D eigenvalue weighted by Gasteiger charge is -2.14. The molecule has 0 bridgehead atoms. The molecule has 0 spiro atoms. The van der Waals surface area contributed by atoms with Crippen molar-refractivity contribution >= 4 is 28.2 Å². The van der Waals surface area contributed by atoms with Gasteiger partial charge in [0.2, 0.25) is 0 Å². The molecule has 0 fully saturated rings. The molecule has 0 radical (unpaired) electrons. The van der Waals surface area contributed by atoms with Gasteiger partial charge in [0, 0.05) is 5.69 Å². The van der Waals surface area contributed by atoms with Crippen LogP contribution < -0.4 is 11.3 Å². The average Bonchev–Trinajstić information content (AvgIpc) is 2.49. The van der Waals surface area contributed by atoms with Gasteiger partial charge in [-0.25, -0.2) is 4.98 Å². The Balaban J connectivity index is 2.44. The molecule has 1 heterocycles. The topological polar surface area (TPSA) is 60.9 Å². The molecule has 4 nitrogen and oxygen atoms in total. The van der Waals surface area contributed by atoms with Crippen LogP contribution in [0.15, 0.2) is 47.3 Å². The van der Waals surface area contributed by atoms with E-state index < -0.39 is 0 Å². The SMILES string of the molecule is Cc1ccccc1-n1c(CCl)nc2ccc(N)cc2c1=O. The number of nitrogen functional groups attached to an aromatic ring is 1. The third-order valence-corrected chi connectivity index (χ3v) is 3.68. The van der Waals surface area contributed by atoms with E-state index >= 15 is 0 Å². The number of hydrogen-bond acceptors (Lipinski definition) is 3. The smallest absolute Gasteiger partial charge is 0.266 e. The molecule has 0 aliphatic rings. The summed E-state index contributed by atoms with van der Waals surface area (Å²) in [5, 5.41) is 0.493. The molecule has 0 aliphatic carbocycles. The molecule has 3 aromatic rings. The van der Waals surface area contributed by atoms with E-state index in [2.05, 4.69) is 4.98 Å². The van der Waals surface area contributed by atoms with Crippen molar-refractivity contribution < 1.29 is 0 Å². The summed E-state index contributed by atoms with van der Waals surface area (Å²) in [7, 11) is 0. The van der Waals surface area contributed by atoms with Gasteiger partial charge in [0.1, 0.15) is 5.82 Å². The minimum absolute atomic E-state index is 0.155. The molecular weight excluding hydrogens is 286 g/mol. The Labute approximate surface area is 126 Å². The highest BCUT2D eigenvalue weighted by atomic mass is 35.5. The summed E-state index contributed by atoms with van der Waals surface area (Å²) in [4.78, 5) is 17.3. The van der Waals surface area contributed by atoms with E-state index in [0.717, 1.165) is 11.3 Å². The molecule has 0 saturated heterocycles. The molecule has 0 unspecified atom stereocenters. The molecule has 106 valence electrons. The number of benzene rings is 2. The highest BCUT2D eigenvalue weighted by Gasteiger charge is 2.13. The lowest BCUT2D eigenvalue weighted by Crippen LogP contribution is -2.24. The number of alkyl halides is 1. The second-order valence-electron chi connectivity index (χ2n) is 4.87. The van der Waals surface area contributed by atoms with Gasteiger partial charge in [-0.3, -0.25) is 9.36 Å². The first-order valence-corrected chi connectivity index (χ1v) is 7.08. The van der Waals surface area contributed by atoms with E-state index in [1.54, 1.807) is 22.8 Å². The van der Waals surface area contributed by atoms with Gasteiger partial charge in [-0.2, -0.15) is 0 Å². The van der Waals surface area contributed by atoms with Crippen LogP contribution in [0, 0.1) is 6.92 Å². The largest absolute Gasteiger partial charge is 0.399 e. The Bertz CT molecular complexity index is 886. The number of aromatic nitrogens is 2. The first-order valence-electron chi connectivity index (χ1n) is 6.55. The van der Waals surface area contributed by atoms with E-state index in [1.807, 2.05) is 31.2 Å². The molecule has 2 aromatic carbocycles. The molecule has 2 N–H and O–H groups in total. The van der Waals surface area contributed by atoms with E-state index in [4.69, 9.17) is 17.3 Å². The molecule has 0 saturated carbocycles. The zero-order valence-corrected chi connectivity index (χ0v) is 12.3. The van der Waals surface area contributed by atoms with Gasteiger partial charge >= 0.3 is 0 Å². The van der Waals surface area contributed by atoms with Gasteiger partial charge in [-0.05, 0) is 36.8 Å². The van der Waals surface area contributed by atoms with E-state index in [0.29, 0.717) is 22.4 Å². The Morgan fingerprint density at radius 3 is 2.71 bits per heavy atom. The number of halogens is 1. The van der Waals surface area contributed by atoms with Crippen molar-refractivity contribution in [2.24, 2.45) is 0 Å². The fraction of sp³-hybridized carbons (Fsp3) is 0.125. The quantitative estimate of drug-likeness (QED) is 0.584. The maximum Gasteiger partial charge on any atom is 0.266 e. The summed E-state index contributed by atoms with van der Waals surface area (Å²) in [5.41, 5.74) is 8.54. The number of para-hydroxylation sites is 1. The standard InChI is InChI=1S/C16H14ClN3O/c1-10-4-2-3-5-14(10)20-15(9-17)19-13-7-6-11(18)8-12(13)16(20)21/h2-8H,9,18H2,1H3. The van der Waals surface area contributed by atoms with Crippen molar-refractivity contribution in [3.05, 3.63) is 64.2 Å². The lowest BCUT2D eigenvalue weighted by molar-refractivity contribution is 0.875. The van der Waals surface area contributed by atoms with E-state index in [9.17, 15) is 4.79 Å². The van der Waals surface area contributed by atoms with Crippen LogP contribution in [0.2, 0.25) is 0 Å². The summed E-state index contributed by atoms with van der Waals surface area (Å²) >= 11 is 5.99. The minimum atomic E-state index is -0.155. The van der Waals surface area contributed by atoms with E-state index in [1.165, 1.54) is 0 Å². The second kappa shape index (κ2) is 5.22. The molecule has 21 heavy (non-hydrogen) atoms. The van der Waals surface area contributed by atoms with Gasteiger partial charge in [-0.1, -0.05) is 18.2 Å². The molecule has 0 atom stereocenters. The normalized spacial score (nSPS) is 11.0. The Kier molecular flexibility index (Phi) is 3.39. The van der Waals surface area contributed by atoms with E-state index in [-0.39, 0.29) is 11.4 Å².